The van der Waals surface area contributed by atoms with Crippen molar-refractivity contribution in [3.8, 4) is 17.2 Å². The Morgan fingerprint density at radius 1 is 1.36 bits per heavy atom. The summed E-state index contributed by atoms with van der Waals surface area (Å²) in [6, 6.07) is 2.92. The van der Waals surface area contributed by atoms with Crippen LogP contribution in [0.3, 0.4) is 0 Å². The first-order valence-electron chi connectivity index (χ1n) is 4.28. The number of hydrogen-bond donors (Lipinski definition) is 2. The zero-order chi connectivity index (χ0) is 10.1. The van der Waals surface area contributed by atoms with Gasteiger partial charge in [0.2, 0.25) is 0 Å². The number of fused-ring (bicyclic) bond motifs is 1. The average molecular weight is 210 g/mol. The molecule has 2 aromatic rings. The van der Waals surface area contributed by atoms with Crippen LogP contribution in [-0.4, -0.2) is 16.8 Å². The van der Waals surface area contributed by atoms with Crippen LogP contribution in [-0.2, 0) is 0 Å². The van der Waals surface area contributed by atoms with Crippen molar-refractivity contribution in [3.63, 3.8) is 0 Å². The van der Waals surface area contributed by atoms with Crippen LogP contribution in [0.2, 0.25) is 0 Å². The molecule has 0 aliphatic heterocycles. The maximum Gasteiger partial charge on any atom is 0.138 e. The maximum atomic E-state index is 9.53. The second kappa shape index (κ2) is 3.38. The minimum absolute atomic E-state index is 0.0503. The molecule has 0 saturated heterocycles. The predicted octanol–water partition coefficient (Wildman–Crippen LogP) is 2.71. The van der Waals surface area contributed by atoms with Gasteiger partial charge in [-0.15, -0.1) is 11.3 Å². The van der Waals surface area contributed by atoms with E-state index in [0.29, 0.717) is 12.4 Å². The van der Waals surface area contributed by atoms with Gasteiger partial charge >= 0.3 is 0 Å². The number of thiophene rings is 1. The summed E-state index contributed by atoms with van der Waals surface area (Å²) < 4.78 is 6.10. The van der Waals surface area contributed by atoms with Gasteiger partial charge in [-0.3, -0.25) is 0 Å². The fraction of sp³-hybridized carbons (Fsp3) is 0.200. The first kappa shape index (κ1) is 9.15. The Morgan fingerprint density at radius 3 is 2.86 bits per heavy atom. The van der Waals surface area contributed by atoms with Crippen LogP contribution < -0.4 is 4.74 Å². The number of phenols is 2. The lowest BCUT2D eigenvalue weighted by Crippen LogP contribution is -1.89. The Morgan fingerprint density at radius 2 is 2.14 bits per heavy atom. The molecule has 0 aliphatic carbocycles. The summed E-state index contributed by atoms with van der Waals surface area (Å²) in [5, 5.41) is 21.4. The van der Waals surface area contributed by atoms with Crippen LogP contribution in [0.25, 0.3) is 10.1 Å². The molecule has 4 heteroatoms. The standard InChI is InChI=1S/C10H10O3S/c1-2-13-9-5-14-10-7(9)3-6(11)4-8(10)12/h3-5,11-12H,2H2,1H3. The molecule has 1 heterocycles. The van der Waals surface area contributed by atoms with Crippen molar-refractivity contribution in [2.24, 2.45) is 0 Å². The smallest absolute Gasteiger partial charge is 0.138 e. The minimum atomic E-state index is 0.0503. The molecular formula is C10H10O3S. The van der Waals surface area contributed by atoms with Crippen LogP contribution >= 0.6 is 11.3 Å². The van der Waals surface area contributed by atoms with E-state index in [1.165, 1.54) is 17.4 Å². The van der Waals surface area contributed by atoms with Gasteiger partial charge in [0.1, 0.15) is 17.2 Å². The molecule has 2 rings (SSSR count). The van der Waals surface area contributed by atoms with Crippen LogP contribution in [0.4, 0.5) is 0 Å². The first-order chi connectivity index (χ1) is 6.72. The van der Waals surface area contributed by atoms with Crippen LogP contribution in [0.15, 0.2) is 17.5 Å². The number of rotatable bonds is 2. The molecule has 74 valence electrons. The third-order valence-corrected chi connectivity index (χ3v) is 2.90. The molecule has 0 unspecified atom stereocenters. The van der Waals surface area contributed by atoms with E-state index in [1.54, 1.807) is 6.07 Å². The third kappa shape index (κ3) is 1.37. The van der Waals surface area contributed by atoms with Crippen molar-refractivity contribution in [1.29, 1.82) is 0 Å². The highest BCUT2D eigenvalue weighted by atomic mass is 32.1. The molecule has 0 amide bonds. The van der Waals surface area contributed by atoms with E-state index < -0.39 is 0 Å². The molecule has 0 bridgehead atoms. The summed E-state index contributed by atoms with van der Waals surface area (Å²) in [6.45, 7) is 2.47. The summed E-state index contributed by atoms with van der Waals surface area (Å²) in [6.07, 6.45) is 0. The fourth-order valence-corrected chi connectivity index (χ4v) is 2.23. The monoisotopic (exact) mass is 210 g/mol. The SMILES string of the molecule is CCOc1csc2c(O)cc(O)cc12. The Kier molecular flexibility index (Phi) is 2.21. The van der Waals surface area contributed by atoms with Gasteiger partial charge in [-0.2, -0.15) is 0 Å². The summed E-state index contributed by atoms with van der Waals surface area (Å²) in [5.41, 5.74) is 0. The zero-order valence-corrected chi connectivity index (χ0v) is 8.47. The first-order valence-corrected chi connectivity index (χ1v) is 5.16. The van der Waals surface area contributed by atoms with Crippen LogP contribution in [0.1, 0.15) is 6.92 Å². The summed E-state index contributed by atoms with van der Waals surface area (Å²) in [4.78, 5) is 0. The normalized spacial score (nSPS) is 10.6. The van der Waals surface area contributed by atoms with Crippen molar-refractivity contribution in [2.45, 2.75) is 6.92 Å². The summed E-state index contributed by atoms with van der Waals surface area (Å²) >= 11 is 1.40. The lowest BCUT2D eigenvalue weighted by molar-refractivity contribution is 0.345. The lowest BCUT2D eigenvalue weighted by atomic mass is 10.2. The molecule has 1 aromatic heterocycles. The highest BCUT2D eigenvalue weighted by Gasteiger charge is 2.09. The number of phenolic OH excluding ortho intramolecular Hbond substituents is 2. The van der Waals surface area contributed by atoms with Gasteiger partial charge in [0.15, 0.2) is 0 Å². The molecule has 14 heavy (non-hydrogen) atoms. The molecule has 0 spiro atoms. The summed E-state index contributed by atoms with van der Waals surface area (Å²) in [7, 11) is 0. The van der Waals surface area contributed by atoms with Crippen molar-refractivity contribution in [2.75, 3.05) is 6.61 Å². The van der Waals surface area contributed by atoms with Gasteiger partial charge in [-0.05, 0) is 13.0 Å². The highest BCUT2D eigenvalue weighted by Crippen LogP contribution is 2.40. The lowest BCUT2D eigenvalue weighted by Gasteiger charge is -2.01. The second-order valence-electron chi connectivity index (χ2n) is 2.87. The number of ether oxygens (including phenoxy) is 1. The van der Waals surface area contributed by atoms with Crippen molar-refractivity contribution >= 4 is 21.4 Å². The van der Waals surface area contributed by atoms with Gasteiger partial charge in [-0.1, -0.05) is 0 Å². The van der Waals surface area contributed by atoms with Gasteiger partial charge in [-0.25, -0.2) is 0 Å². The third-order valence-electron chi connectivity index (χ3n) is 1.90. The molecule has 2 N–H and O–H groups in total. The second-order valence-corrected chi connectivity index (χ2v) is 3.75. The molecular weight excluding hydrogens is 200 g/mol. The number of aromatic hydroxyl groups is 2. The molecule has 0 aliphatic rings. The average Bonchev–Trinajstić information content (AvgIpc) is 2.49. The molecule has 0 fully saturated rings. The van der Waals surface area contributed by atoms with Crippen molar-refractivity contribution in [1.82, 2.24) is 0 Å². The molecule has 0 saturated carbocycles. The van der Waals surface area contributed by atoms with E-state index in [-0.39, 0.29) is 11.5 Å². The minimum Gasteiger partial charge on any atom is -0.508 e. The molecule has 0 atom stereocenters. The zero-order valence-electron chi connectivity index (χ0n) is 7.65. The number of benzene rings is 1. The van der Waals surface area contributed by atoms with Crippen molar-refractivity contribution in [3.05, 3.63) is 17.5 Å². The van der Waals surface area contributed by atoms with Crippen molar-refractivity contribution < 1.29 is 14.9 Å². The number of hydrogen-bond acceptors (Lipinski definition) is 4. The van der Waals surface area contributed by atoms with Crippen LogP contribution in [0.5, 0.6) is 17.2 Å². The van der Waals surface area contributed by atoms with E-state index in [0.717, 1.165) is 10.1 Å². The van der Waals surface area contributed by atoms with Gasteiger partial charge in [0, 0.05) is 16.8 Å². The van der Waals surface area contributed by atoms with Gasteiger partial charge < -0.3 is 14.9 Å². The maximum absolute atomic E-state index is 9.53. The predicted molar refractivity (Wildman–Crippen MR) is 56.3 cm³/mol. The topological polar surface area (TPSA) is 49.7 Å². The van der Waals surface area contributed by atoms with E-state index in [4.69, 9.17) is 4.74 Å². The Bertz CT molecular complexity index is 462. The molecule has 0 radical (unpaired) electrons. The molecule has 3 nitrogen and oxygen atoms in total. The van der Waals surface area contributed by atoms with Crippen LogP contribution in [0, 0.1) is 0 Å². The van der Waals surface area contributed by atoms with E-state index >= 15 is 0 Å². The largest absolute Gasteiger partial charge is 0.508 e. The van der Waals surface area contributed by atoms with E-state index in [2.05, 4.69) is 0 Å². The van der Waals surface area contributed by atoms with Gasteiger partial charge in [0.25, 0.3) is 0 Å². The fourth-order valence-electron chi connectivity index (χ4n) is 1.35. The Hall–Kier alpha value is -1.42. The Labute approximate surface area is 85.2 Å². The van der Waals surface area contributed by atoms with E-state index in [1.807, 2.05) is 12.3 Å². The quantitative estimate of drug-likeness (QED) is 0.801. The van der Waals surface area contributed by atoms with Gasteiger partial charge in [0.05, 0.1) is 11.3 Å². The molecule has 1 aromatic carbocycles. The Balaban J connectivity index is 2.66. The highest BCUT2D eigenvalue weighted by molar-refractivity contribution is 7.18. The summed E-state index contributed by atoms with van der Waals surface area (Å²) in [5.74, 6) is 0.851. The van der Waals surface area contributed by atoms with E-state index in [9.17, 15) is 10.2 Å².